The van der Waals surface area contributed by atoms with Crippen molar-refractivity contribution in [2.75, 3.05) is 5.73 Å². The van der Waals surface area contributed by atoms with Crippen molar-refractivity contribution in [3.05, 3.63) is 105 Å². The lowest BCUT2D eigenvalue weighted by atomic mass is 9.90. The maximum atomic E-state index is 6.10. The summed E-state index contributed by atoms with van der Waals surface area (Å²) in [6.45, 7) is 4.24. The highest BCUT2D eigenvalue weighted by Gasteiger charge is 2.22. The van der Waals surface area contributed by atoms with Gasteiger partial charge in [-0.1, -0.05) is 53.2 Å². The lowest BCUT2D eigenvalue weighted by Gasteiger charge is -2.15. The fourth-order valence-corrected chi connectivity index (χ4v) is 3.59. The van der Waals surface area contributed by atoms with Crippen molar-refractivity contribution < 1.29 is 4.52 Å². The molecule has 0 saturated carbocycles. The molecule has 0 fully saturated rings. The largest absolute Gasteiger partial charge is 0.383 e. The minimum atomic E-state index is -0.0723. The van der Waals surface area contributed by atoms with E-state index >= 15 is 0 Å². The summed E-state index contributed by atoms with van der Waals surface area (Å²) in [5.41, 5.74) is 11.7. The standard InChI is InChI=1S/C24H23ClN4O/c1-15-5-6-17(12-16(15)2)13-21(18-7-9-20(25)10-8-18)24-28-22(29-30-24)14-19-4-3-11-27-23(19)26/h3-12,21H,13-14H2,1-2H3,(H2,26,27). The van der Waals surface area contributed by atoms with Crippen LogP contribution in [-0.2, 0) is 12.8 Å². The van der Waals surface area contributed by atoms with Gasteiger partial charge < -0.3 is 10.3 Å². The molecule has 4 aromatic rings. The zero-order valence-corrected chi connectivity index (χ0v) is 17.7. The minimum absolute atomic E-state index is 0.0723. The van der Waals surface area contributed by atoms with Crippen LogP contribution in [0.3, 0.4) is 0 Å². The van der Waals surface area contributed by atoms with Crippen LogP contribution < -0.4 is 5.73 Å². The highest BCUT2D eigenvalue weighted by atomic mass is 35.5. The van der Waals surface area contributed by atoms with E-state index in [2.05, 4.69) is 47.2 Å². The van der Waals surface area contributed by atoms with Gasteiger partial charge in [0.1, 0.15) is 5.82 Å². The van der Waals surface area contributed by atoms with Crippen molar-refractivity contribution in [1.82, 2.24) is 15.1 Å². The van der Waals surface area contributed by atoms with E-state index in [0.717, 1.165) is 17.5 Å². The molecule has 5 nitrogen and oxygen atoms in total. The van der Waals surface area contributed by atoms with E-state index in [1.165, 1.54) is 16.7 Å². The van der Waals surface area contributed by atoms with Crippen molar-refractivity contribution in [2.24, 2.45) is 0 Å². The van der Waals surface area contributed by atoms with Crippen LogP contribution in [-0.4, -0.2) is 15.1 Å². The Morgan fingerprint density at radius 2 is 1.83 bits per heavy atom. The molecule has 1 unspecified atom stereocenters. The third kappa shape index (κ3) is 4.52. The Labute approximate surface area is 180 Å². The molecule has 152 valence electrons. The maximum absolute atomic E-state index is 6.10. The fraction of sp³-hybridized carbons (Fsp3) is 0.208. The SMILES string of the molecule is Cc1ccc(CC(c2ccc(Cl)cc2)c2nc(Cc3cccnc3N)no2)cc1C. The Hall–Kier alpha value is -3.18. The Kier molecular flexibility index (Phi) is 5.81. The molecule has 2 N–H and O–H groups in total. The number of nitrogens with two attached hydrogens (primary N) is 1. The van der Waals surface area contributed by atoms with E-state index in [1.807, 2.05) is 36.4 Å². The topological polar surface area (TPSA) is 77.8 Å². The number of hydrogen-bond acceptors (Lipinski definition) is 5. The third-order valence-corrected chi connectivity index (χ3v) is 5.59. The van der Waals surface area contributed by atoms with E-state index in [9.17, 15) is 0 Å². The van der Waals surface area contributed by atoms with Gasteiger partial charge in [0.05, 0.1) is 5.92 Å². The first kappa shape index (κ1) is 20.1. The van der Waals surface area contributed by atoms with E-state index in [4.69, 9.17) is 21.9 Å². The number of hydrogen-bond donors (Lipinski definition) is 1. The Morgan fingerprint density at radius 1 is 1.03 bits per heavy atom. The number of aromatic nitrogens is 3. The molecule has 2 heterocycles. The van der Waals surface area contributed by atoms with Gasteiger partial charge in [-0.2, -0.15) is 4.98 Å². The molecule has 30 heavy (non-hydrogen) atoms. The Balaban J connectivity index is 1.65. The van der Waals surface area contributed by atoms with Crippen molar-refractivity contribution in [2.45, 2.75) is 32.6 Å². The second-order valence-corrected chi connectivity index (χ2v) is 7.94. The molecule has 6 heteroatoms. The number of pyridine rings is 1. The van der Waals surface area contributed by atoms with Crippen LogP contribution in [0.1, 0.15) is 45.5 Å². The lowest BCUT2D eigenvalue weighted by Crippen LogP contribution is -2.07. The number of anilines is 1. The van der Waals surface area contributed by atoms with Crippen molar-refractivity contribution in [3.63, 3.8) is 0 Å². The van der Waals surface area contributed by atoms with Crippen LogP contribution in [0, 0.1) is 13.8 Å². The number of nitrogens with zero attached hydrogens (tertiary/aromatic N) is 3. The van der Waals surface area contributed by atoms with Crippen LogP contribution in [0.25, 0.3) is 0 Å². The first-order chi connectivity index (χ1) is 14.5. The van der Waals surface area contributed by atoms with Gasteiger partial charge in [0.2, 0.25) is 5.89 Å². The average molecular weight is 419 g/mol. The van der Waals surface area contributed by atoms with E-state index in [0.29, 0.717) is 29.0 Å². The molecular formula is C24H23ClN4O. The van der Waals surface area contributed by atoms with E-state index in [-0.39, 0.29) is 5.92 Å². The van der Waals surface area contributed by atoms with Crippen molar-refractivity contribution >= 4 is 17.4 Å². The van der Waals surface area contributed by atoms with Crippen LogP contribution in [0.15, 0.2) is 65.3 Å². The minimum Gasteiger partial charge on any atom is -0.383 e. The van der Waals surface area contributed by atoms with Gasteiger partial charge in [-0.25, -0.2) is 4.98 Å². The second-order valence-electron chi connectivity index (χ2n) is 7.50. The molecule has 0 aliphatic carbocycles. The molecule has 0 amide bonds. The predicted octanol–water partition coefficient (Wildman–Crippen LogP) is 5.28. The monoisotopic (exact) mass is 418 g/mol. The van der Waals surface area contributed by atoms with Crippen molar-refractivity contribution in [3.8, 4) is 0 Å². The maximum Gasteiger partial charge on any atom is 0.234 e. The number of rotatable bonds is 6. The van der Waals surface area contributed by atoms with Gasteiger partial charge >= 0.3 is 0 Å². The molecule has 1 atom stereocenters. The molecule has 0 spiro atoms. The lowest BCUT2D eigenvalue weighted by molar-refractivity contribution is 0.360. The highest BCUT2D eigenvalue weighted by Crippen LogP contribution is 2.29. The molecule has 4 rings (SSSR count). The van der Waals surface area contributed by atoms with Crippen LogP contribution in [0.5, 0.6) is 0 Å². The molecular weight excluding hydrogens is 396 g/mol. The summed E-state index contributed by atoms with van der Waals surface area (Å²) in [6.07, 6.45) is 2.89. The number of benzene rings is 2. The zero-order valence-electron chi connectivity index (χ0n) is 17.0. The highest BCUT2D eigenvalue weighted by molar-refractivity contribution is 6.30. The average Bonchev–Trinajstić information content (AvgIpc) is 3.19. The molecule has 2 aromatic heterocycles. The molecule has 0 bridgehead atoms. The quantitative estimate of drug-likeness (QED) is 0.460. The van der Waals surface area contributed by atoms with Gasteiger partial charge in [0, 0.05) is 23.2 Å². The Bertz CT molecular complexity index is 1150. The van der Waals surface area contributed by atoms with Crippen LogP contribution >= 0.6 is 11.6 Å². The van der Waals surface area contributed by atoms with E-state index in [1.54, 1.807) is 6.20 Å². The molecule has 0 radical (unpaired) electrons. The van der Waals surface area contributed by atoms with Gasteiger partial charge in [-0.15, -0.1) is 0 Å². The second kappa shape index (κ2) is 8.67. The Morgan fingerprint density at radius 3 is 2.57 bits per heavy atom. The smallest absolute Gasteiger partial charge is 0.234 e. The number of halogens is 1. The summed E-state index contributed by atoms with van der Waals surface area (Å²) < 4.78 is 5.69. The molecule has 0 aliphatic rings. The van der Waals surface area contributed by atoms with Gasteiger partial charge in [-0.3, -0.25) is 0 Å². The van der Waals surface area contributed by atoms with Crippen LogP contribution in [0.4, 0.5) is 5.82 Å². The fourth-order valence-electron chi connectivity index (χ4n) is 3.46. The van der Waals surface area contributed by atoms with E-state index < -0.39 is 0 Å². The molecule has 0 aliphatic heterocycles. The third-order valence-electron chi connectivity index (χ3n) is 5.34. The molecule has 2 aromatic carbocycles. The zero-order chi connectivity index (χ0) is 21.1. The normalized spacial score (nSPS) is 12.1. The molecule has 0 saturated heterocycles. The van der Waals surface area contributed by atoms with Gasteiger partial charge in [0.25, 0.3) is 0 Å². The summed E-state index contributed by atoms with van der Waals surface area (Å²) in [5.74, 6) is 1.57. The summed E-state index contributed by atoms with van der Waals surface area (Å²) in [5, 5.41) is 4.89. The summed E-state index contributed by atoms with van der Waals surface area (Å²) in [6, 6.07) is 18.1. The number of aryl methyl sites for hydroxylation is 2. The van der Waals surface area contributed by atoms with Crippen LogP contribution in [0.2, 0.25) is 5.02 Å². The summed E-state index contributed by atoms with van der Waals surface area (Å²) in [7, 11) is 0. The van der Waals surface area contributed by atoms with Crippen molar-refractivity contribution in [1.29, 1.82) is 0 Å². The van der Waals surface area contributed by atoms with Gasteiger partial charge in [-0.05, 0) is 60.7 Å². The first-order valence-corrected chi connectivity index (χ1v) is 10.2. The summed E-state index contributed by atoms with van der Waals surface area (Å²) >= 11 is 6.10. The number of nitrogen functional groups attached to an aromatic ring is 1. The first-order valence-electron chi connectivity index (χ1n) is 9.83. The summed E-state index contributed by atoms with van der Waals surface area (Å²) in [4.78, 5) is 8.81. The predicted molar refractivity (Wildman–Crippen MR) is 119 cm³/mol. The van der Waals surface area contributed by atoms with Gasteiger partial charge in [0.15, 0.2) is 5.82 Å².